The van der Waals surface area contributed by atoms with Gasteiger partial charge in [-0.2, -0.15) is 0 Å². The highest BCUT2D eigenvalue weighted by Crippen LogP contribution is 2.23. The van der Waals surface area contributed by atoms with Gasteiger partial charge in [-0.1, -0.05) is 50.2 Å². The zero-order chi connectivity index (χ0) is 23.4. The van der Waals surface area contributed by atoms with E-state index in [-0.39, 0.29) is 18.9 Å². The Balaban J connectivity index is 1.38. The maximum absolute atomic E-state index is 12.6. The van der Waals surface area contributed by atoms with Gasteiger partial charge in [0, 0.05) is 39.1 Å². The van der Waals surface area contributed by atoms with Crippen molar-refractivity contribution in [2.24, 2.45) is 11.8 Å². The van der Waals surface area contributed by atoms with Crippen LogP contribution in [0.3, 0.4) is 0 Å². The lowest BCUT2D eigenvalue weighted by Crippen LogP contribution is -2.38. The molecule has 7 nitrogen and oxygen atoms in total. The van der Waals surface area contributed by atoms with Gasteiger partial charge in [-0.3, -0.25) is 24.0 Å². The number of para-hydroxylation sites is 1. The third kappa shape index (κ3) is 5.60. The van der Waals surface area contributed by atoms with Crippen LogP contribution in [0.5, 0.6) is 0 Å². The molecule has 1 aliphatic heterocycles. The van der Waals surface area contributed by atoms with Crippen LogP contribution >= 0.6 is 0 Å². The van der Waals surface area contributed by atoms with E-state index in [1.165, 1.54) is 16.6 Å². The molecule has 1 fully saturated rings. The zero-order valence-electron chi connectivity index (χ0n) is 19.3. The smallest absolute Gasteiger partial charge is 0.328 e. The van der Waals surface area contributed by atoms with Crippen LogP contribution in [0.1, 0.15) is 37.8 Å². The standard InChI is InChI=1S/C26H32N4O3/c1-18-13-19(2)16-29(15-18)17-21-8-4-3-7-20(21)14-27-24(31)11-12-30-23-10-6-5-9-22(23)25(32)28-26(30)33/h3-10,18-19H,11-17H2,1-2H3,(H,27,31)(H,28,32,33). The Morgan fingerprint density at radius 2 is 1.67 bits per heavy atom. The summed E-state index contributed by atoms with van der Waals surface area (Å²) in [4.78, 5) is 41.7. The van der Waals surface area contributed by atoms with E-state index < -0.39 is 11.2 Å². The molecule has 174 valence electrons. The molecule has 1 saturated heterocycles. The molecule has 1 amide bonds. The highest BCUT2D eigenvalue weighted by atomic mass is 16.2. The number of piperidine rings is 1. The maximum Gasteiger partial charge on any atom is 0.328 e. The van der Waals surface area contributed by atoms with E-state index in [4.69, 9.17) is 0 Å². The molecule has 2 atom stereocenters. The highest BCUT2D eigenvalue weighted by Gasteiger charge is 2.22. The number of H-pyrrole nitrogens is 1. The monoisotopic (exact) mass is 448 g/mol. The Kier molecular flexibility index (Phi) is 7.08. The van der Waals surface area contributed by atoms with Crippen molar-refractivity contribution in [2.45, 2.75) is 46.3 Å². The fraction of sp³-hybridized carbons (Fsp3) is 0.423. The number of amides is 1. The van der Waals surface area contributed by atoms with Crippen LogP contribution in [0, 0.1) is 11.8 Å². The van der Waals surface area contributed by atoms with Crippen LogP contribution in [0.2, 0.25) is 0 Å². The molecule has 0 radical (unpaired) electrons. The van der Waals surface area contributed by atoms with E-state index in [2.05, 4.69) is 41.2 Å². The molecule has 0 saturated carbocycles. The predicted molar refractivity (Wildman–Crippen MR) is 130 cm³/mol. The Labute approximate surface area is 193 Å². The van der Waals surface area contributed by atoms with Gasteiger partial charge in [0.1, 0.15) is 0 Å². The van der Waals surface area contributed by atoms with Crippen LogP contribution in [-0.2, 0) is 24.4 Å². The number of carbonyl (C=O) groups excluding carboxylic acids is 1. The van der Waals surface area contributed by atoms with E-state index in [0.717, 1.165) is 25.2 Å². The van der Waals surface area contributed by atoms with Gasteiger partial charge >= 0.3 is 5.69 Å². The van der Waals surface area contributed by atoms with Crippen molar-refractivity contribution in [3.8, 4) is 0 Å². The highest BCUT2D eigenvalue weighted by molar-refractivity contribution is 5.78. The fourth-order valence-corrected chi connectivity index (χ4v) is 5.01. The van der Waals surface area contributed by atoms with Crippen LogP contribution in [0.15, 0.2) is 58.1 Å². The third-order valence-corrected chi connectivity index (χ3v) is 6.40. The molecule has 1 aromatic heterocycles. The molecule has 2 heterocycles. The minimum atomic E-state index is -0.498. The number of aryl methyl sites for hydroxylation is 1. The number of carbonyl (C=O) groups is 1. The van der Waals surface area contributed by atoms with Crippen LogP contribution < -0.4 is 16.6 Å². The van der Waals surface area contributed by atoms with Crippen molar-refractivity contribution in [2.75, 3.05) is 13.1 Å². The Morgan fingerprint density at radius 1 is 1.00 bits per heavy atom. The number of likely N-dealkylation sites (tertiary alicyclic amines) is 1. The molecule has 33 heavy (non-hydrogen) atoms. The summed E-state index contributed by atoms with van der Waals surface area (Å²) in [5.41, 5.74) is 1.98. The molecule has 4 rings (SSSR count). The minimum absolute atomic E-state index is 0.132. The van der Waals surface area contributed by atoms with Gasteiger partial charge in [0.2, 0.25) is 5.91 Å². The van der Waals surface area contributed by atoms with Crippen LogP contribution in [0.25, 0.3) is 10.9 Å². The predicted octanol–water partition coefficient (Wildman–Crippen LogP) is 2.87. The van der Waals surface area contributed by atoms with E-state index in [1.807, 2.05) is 12.1 Å². The van der Waals surface area contributed by atoms with Crippen molar-refractivity contribution >= 4 is 16.8 Å². The van der Waals surface area contributed by atoms with Gasteiger partial charge in [-0.05, 0) is 41.5 Å². The summed E-state index contributed by atoms with van der Waals surface area (Å²) in [6.07, 6.45) is 1.43. The summed E-state index contributed by atoms with van der Waals surface area (Å²) in [7, 11) is 0. The number of nitrogens with zero attached hydrogens (tertiary/aromatic N) is 2. The molecule has 7 heteroatoms. The van der Waals surface area contributed by atoms with Crippen molar-refractivity contribution in [1.82, 2.24) is 19.8 Å². The van der Waals surface area contributed by atoms with Gasteiger partial charge in [0.15, 0.2) is 0 Å². The number of hydrogen-bond acceptors (Lipinski definition) is 4. The molecule has 2 N–H and O–H groups in total. The molecule has 2 aromatic carbocycles. The summed E-state index contributed by atoms with van der Waals surface area (Å²) < 4.78 is 1.45. The second kappa shape index (κ2) is 10.2. The first kappa shape index (κ1) is 23.0. The number of hydrogen-bond donors (Lipinski definition) is 2. The molecule has 0 bridgehead atoms. The van der Waals surface area contributed by atoms with E-state index in [9.17, 15) is 14.4 Å². The maximum atomic E-state index is 12.6. The Bertz CT molecular complexity index is 1240. The van der Waals surface area contributed by atoms with Crippen molar-refractivity contribution in [3.05, 3.63) is 80.5 Å². The summed E-state index contributed by atoms with van der Waals surface area (Å²) in [6, 6.07) is 15.2. The van der Waals surface area contributed by atoms with E-state index >= 15 is 0 Å². The zero-order valence-corrected chi connectivity index (χ0v) is 19.3. The molecule has 3 aromatic rings. The van der Waals surface area contributed by atoms with Crippen LogP contribution in [-0.4, -0.2) is 33.4 Å². The lowest BCUT2D eigenvalue weighted by Gasteiger charge is -2.35. The first-order valence-corrected chi connectivity index (χ1v) is 11.7. The Hall–Kier alpha value is -3.19. The lowest BCUT2D eigenvalue weighted by atomic mass is 9.91. The number of fused-ring (bicyclic) bond motifs is 1. The number of aromatic amines is 1. The average molecular weight is 449 g/mol. The second-order valence-corrected chi connectivity index (χ2v) is 9.36. The normalized spacial score (nSPS) is 19.0. The third-order valence-electron chi connectivity index (χ3n) is 6.40. The molecule has 2 unspecified atom stereocenters. The topological polar surface area (TPSA) is 87.2 Å². The van der Waals surface area contributed by atoms with Gasteiger partial charge in [-0.15, -0.1) is 0 Å². The van der Waals surface area contributed by atoms with Gasteiger partial charge in [0.25, 0.3) is 5.56 Å². The SMILES string of the molecule is CC1CC(C)CN(Cc2ccccc2CNC(=O)CCn2c(=O)[nH]c(=O)c3ccccc32)C1. The average Bonchev–Trinajstić information content (AvgIpc) is 2.77. The fourth-order valence-electron chi connectivity index (χ4n) is 5.01. The number of nitrogens with one attached hydrogen (secondary N) is 2. The van der Waals surface area contributed by atoms with Crippen molar-refractivity contribution in [1.29, 1.82) is 0 Å². The van der Waals surface area contributed by atoms with Crippen molar-refractivity contribution in [3.63, 3.8) is 0 Å². The molecular weight excluding hydrogens is 416 g/mol. The lowest BCUT2D eigenvalue weighted by molar-refractivity contribution is -0.121. The van der Waals surface area contributed by atoms with E-state index in [1.54, 1.807) is 24.3 Å². The number of benzene rings is 2. The number of rotatable bonds is 7. The summed E-state index contributed by atoms with van der Waals surface area (Å²) >= 11 is 0. The summed E-state index contributed by atoms with van der Waals surface area (Å²) in [5, 5.41) is 3.44. The minimum Gasteiger partial charge on any atom is -0.352 e. The van der Waals surface area contributed by atoms with Gasteiger partial charge in [-0.25, -0.2) is 4.79 Å². The second-order valence-electron chi connectivity index (χ2n) is 9.36. The largest absolute Gasteiger partial charge is 0.352 e. The molecule has 0 aliphatic carbocycles. The van der Waals surface area contributed by atoms with Gasteiger partial charge < -0.3 is 5.32 Å². The van der Waals surface area contributed by atoms with E-state index in [0.29, 0.717) is 29.3 Å². The summed E-state index contributed by atoms with van der Waals surface area (Å²) in [6.45, 7) is 8.37. The molecule has 0 spiro atoms. The van der Waals surface area contributed by atoms with Gasteiger partial charge in [0.05, 0.1) is 10.9 Å². The molecular formula is C26H32N4O3. The first-order chi connectivity index (χ1) is 15.9. The first-order valence-electron chi connectivity index (χ1n) is 11.7. The molecule has 1 aliphatic rings. The quantitative estimate of drug-likeness (QED) is 0.582. The summed E-state index contributed by atoms with van der Waals surface area (Å²) in [5.74, 6) is 1.27. The number of aromatic nitrogens is 2. The van der Waals surface area contributed by atoms with Crippen molar-refractivity contribution < 1.29 is 4.79 Å². The Morgan fingerprint density at radius 3 is 2.42 bits per heavy atom. The van der Waals surface area contributed by atoms with Crippen LogP contribution in [0.4, 0.5) is 0 Å².